The van der Waals surface area contributed by atoms with Gasteiger partial charge in [-0.25, -0.2) is 8.42 Å². The van der Waals surface area contributed by atoms with Crippen molar-refractivity contribution < 1.29 is 17.9 Å². The van der Waals surface area contributed by atoms with Gasteiger partial charge in [0.15, 0.2) is 0 Å². The van der Waals surface area contributed by atoms with E-state index in [1.165, 1.54) is 23.5 Å². The monoisotopic (exact) mass is 374 g/mol. The first-order valence-electron chi connectivity index (χ1n) is 8.48. The molecule has 1 aliphatic rings. The normalized spacial score (nSPS) is 15.0. The van der Waals surface area contributed by atoms with Crippen molar-refractivity contribution >= 4 is 21.6 Å². The molecule has 1 aliphatic heterocycles. The Hall–Kier alpha value is -2.38. The minimum Gasteiger partial charge on any atom is -0.495 e. The van der Waals surface area contributed by atoms with Gasteiger partial charge in [0.2, 0.25) is 10.0 Å². The molecule has 7 heteroatoms. The largest absolute Gasteiger partial charge is 0.495 e. The average Bonchev–Trinajstić information content (AvgIpc) is 3.18. The van der Waals surface area contributed by atoms with Crippen molar-refractivity contribution in [2.24, 2.45) is 0 Å². The number of nitrogens with one attached hydrogen (secondary N) is 1. The number of aryl methyl sites for hydroxylation is 1. The molecule has 0 aliphatic carbocycles. The molecule has 1 N–H and O–H groups in total. The third kappa shape index (κ3) is 3.73. The van der Waals surface area contributed by atoms with Crippen LogP contribution >= 0.6 is 0 Å². The summed E-state index contributed by atoms with van der Waals surface area (Å²) in [4.78, 5) is 12.6. The summed E-state index contributed by atoms with van der Waals surface area (Å²) in [6.45, 7) is 2.95. The number of methoxy groups -OCH3 is 1. The molecule has 2 aromatic rings. The number of anilines is 1. The lowest BCUT2D eigenvalue weighted by Gasteiger charge is -2.18. The molecule has 1 amide bonds. The zero-order valence-corrected chi connectivity index (χ0v) is 15.7. The van der Waals surface area contributed by atoms with E-state index >= 15 is 0 Å². The number of nitrogens with zero attached hydrogens (tertiary/aromatic N) is 1. The second kappa shape index (κ2) is 7.47. The van der Waals surface area contributed by atoms with Crippen molar-refractivity contribution in [2.75, 3.05) is 25.5 Å². The Balaban J connectivity index is 1.91. The van der Waals surface area contributed by atoms with Crippen LogP contribution in [-0.4, -0.2) is 38.8 Å². The summed E-state index contributed by atoms with van der Waals surface area (Å²) in [7, 11) is -2.27. The first kappa shape index (κ1) is 18.4. The molecule has 6 nitrogen and oxygen atoms in total. The van der Waals surface area contributed by atoms with Crippen LogP contribution < -0.4 is 10.1 Å². The Labute approximate surface area is 153 Å². The first-order chi connectivity index (χ1) is 12.4. The van der Waals surface area contributed by atoms with Crippen LogP contribution in [-0.2, 0) is 10.0 Å². The Bertz CT molecular complexity index is 902. The topological polar surface area (TPSA) is 75.7 Å². The Morgan fingerprint density at radius 3 is 2.35 bits per heavy atom. The zero-order valence-electron chi connectivity index (χ0n) is 14.9. The number of hydrogen-bond donors (Lipinski definition) is 1. The fraction of sp³-hybridized carbons (Fsp3) is 0.316. The number of ether oxygens (including phenoxy) is 1. The molecule has 138 valence electrons. The Morgan fingerprint density at radius 1 is 1.08 bits per heavy atom. The summed E-state index contributed by atoms with van der Waals surface area (Å²) in [6, 6.07) is 11.9. The second-order valence-corrected chi connectivity index (χ2v) is 8.20. The van der Waals surface area contributed by atoms with E-state index in [0.29, 0.717) is 18.8 Å². The van der Waals surface area contributed by atoms with E-state index in [0.717, 1.165) is 18.4 Å². The Morgan fingerprint density at radius 2 is 1.73 bits per heavy atom. The fourth-order valence-corrected chi connectivity index (χ4v) is 4.63. The lowest BCUT2D eigenvalue weighted by molar-refractivity contribution is 0.102. The number of carbonyl (C=O) groups excluding carboxylic acids is 1. The van der Waals surface area contributed by atoms with Gasteiger partial charge in [-0.3, -0.25) is 4.79 Å². The summed E-state index contributed by atoms with van der Waals surface area (Å²) in [5, 5.41) is 2.78. The molecule has 26 heavy (non-hydrogen) atoms. The van der Waals surface area contributed by atoms with Crippen LogP contribution in [0.5, 0.6) is 5.75 Å². The van der Waals surface area contributed by atoms with Crippen LogP contribution in [0.2, 0.25) is 0 Å². The smallest absolute Gasteiger partial charge is 0.255 e. The van der Waals surface area contributed by atoms with Gasteiger partial charge >= 0.3 is 0 Å². The highest BCUT2D eigenvalue weighted by atomic mass is 32.2. The molecule has 1 fully saturated rings. The third-order valence-electron chi connectivity index (χ3n) is 4.42. The third-order valence-corrected chi connectivity index (χ3v) is 6.34. The van der Waals surface area contributed by atoms with Crippen molar-refractivity contribution in [1.29, 1.82) is 0 Å². The molecule has 0 atom stereocenters. The molecular weight excluding hydrogens is 352 g/mol. The summed E-state index contributed by atoms with van der Waals surface area (Å²) in [5.74, 6) is -0.127. The van der Waals surface area contributed by atoms with Crippen molar-refractivity contribution in [2.45, 2.75) is 24.7 Å². The summed E-state index contributed by atoms with van der Waals surface area (Å²) in [6.07, 6.45) is 1.68. The zero-order chi connectivity index (χ0) is 18.7. The van der Waals surface area contributed by atoms with Gasteiger partial charge in [0.05, 0.1) is 7.11 Å². The van der Waals surface area contributed by atoms with E-state index in [4.69, 9.17) is 4.74 Å². The van der Waals surface area contributed by atoms with Crippen molar-refractivity contribution in [3.63, 3.8) is 0 Å². The van der Waals surface area contributed by atoms with Crippen molar-refractivity contribution in [3.05, 3.63) is 53.6 Å². The number of hydrogen-bond acceptors (Lipinski definition) is 4. The van der Waals surface area contributed by atoms with Crippen LogP contribution in [0.1, 0.15) is 28.8 Å². The van der Waals surface area contributed by atoms with Crippen LogP contribution in [0.4, 0.5) is 5.69 Å². The highest BCUT2D eigenvalue weighted by molar-refractivity contribution is 7.89. The molecule has 0 spiro atoms. The van der Waals surface area contributed by atoms with Crippen LogP contribution in [0.15, 0.2) is 47.4 Å². The quantitative estimate of drug-likeness (QED) is 0.873. The number of rotatable bonds is 5. The lowest BCUT2D eigenvalue weighted by atomic mass is 10.2. The van der Waals surface area contributed by atoms with E-state index in [9.17, 15) is 13.2 Å². The van der Waals surface area contributed by atoms with Crippen LogP contribution in [0.25, 0.3) is 0 Å². The molecule has 0 bridgehead atoms. The van der Waals surface area contributed by atoms with Gasteiger partial charge in [-0.05, 0) is 50.1 Å². The highest BCUT2D eigenvalue weighted by Gasteiger charge is 2.30. The molecule has 0 saturated carbocycles. The number of sulfonamides is 1. The predicted molar refractivity (Wildman–Crippen MR) is 100 cm³/mol. The standard InChI is InChI=1S/C19H22N2O4S/c1-14-5-8-16(9-6-14)20-19(22)15-7-10-17(25-2)18(13-15)26(23,24)21-11-3-4-12-21/h5-10,13H,3-4,11-12H2,1-2H3,(H,20,22). The molecule has 1 heterocycles. The molecule has 1 saturated heterocycles. The van der Waals surface area contributed by atoms with E-state index in [2.05, 4.69) is 5.32 Å². The van der Waals surface area contributed by atoms with Gasteiger partial charge in [0.1, 0.15) is 10.6 Å². The van der Waals surface area contributed by atoms with E-state index in [1.807, 2.05) is 19.1 Å². The maximum Gasteiger partial charge on any atom is 0.255 e. The van der Waals surface area contributed by atoms with Gasteiger partial charge < -0.3 is 10.1 Å². The first-order valence-corrected chi connectivity index (χ1v) is 9.92. The van der Waals surface area contributed by atoms with Crippen molar-refractivity contribution in [1.82, 2.24) is 4.31 Å². The molecule has 3 rings (SSSR count). The summed E-state index contributed by atoms with van der Waals surface area (Å²) < 4.78 is 32.5. The number of benzene rings is 2. The predicted octanol–water partition coefficient (Wildman–Crippen LogP) is 3.04. The van der Waals surface area contributed by atoms with Crippen molar-refractivity contribution in [3.8, 4) is 5.75 Å². The van der Waals surface area contributed by atoms with Crippen LogP contribution in [0.3, 0.4) is 0 Å². The second-order valence-electron chi connectivity index (χ2n) is 6.30. The minimum absolute atomic E-state index is 0.0263. The van der Waals surface area contributed by atoms with Gasteiger partial charge in [0, 0.05) is 24.3 Å². The van der Waals surface area contributed by atoms with E-state index < -0.39 is 10.0 Å². The number of carbonyl (C=O) groups is 1. The van der Waals surface area contributed by atoms with Gasteiger partial charge in [-0.15, -0.1) is 0 Å². The lowest BCUT2D eigenvalue weighted by Crippen LogP contribution is -2.28. The fourth-order valence-electron chi connectivity index (χ4n) is 2.93. The maximum absolute atomic E-state index is 12.9. The van der Waals surface area contributed by atoms with Gasteiger partial charge in [0.25, 0.3) is 5.91 Å². The SMILES string of the molecule is COc1ccc(C(=O)Nc2ccc(C)cc2)cc1S(=O)(=O)N1CCCC1. The summed E-state index contributed by atoms with van der Waals surface area (Å²) >= 11 is 0. The number of amides is 1. The summed E-state index contributed by atoms with van der Waals surface area (Å²) in [5.41, 5.74) is 2.01. The minimum atomic E-state index is -3.69. The molecule has 2 aromatic carbocycles. The maximum atomic E-state index is 12.9. The van der Waals surface area contributed by atoms with Gasteiger partial charge in [-0.1, -0.05) is 17.7 Å². The van der Waals surface area contributed by atoms with Crippen LogP contribution in [0, 0.1) is 6.92 Å². The van der Waals surface area contributed by atoms with E-state index in [1.54, 1.807) is 18.2 Å². The highest BCUT2D eigenvalue weighted by Crippen LogP contribution is 2.30. The molecule has 0 unspecified atom stereocenters. The molecule has 0 radical (unpaired) electrons. The van der Waals surface area contributed by atoms with E-state index in [-0.39, 0.29) is 22.1 Å². The molecule has 0 aromatic heterocycles. The molecular formula is C19H22N2O4S. The average molecular weight is 374 g/mol. The Kier molecular flexibility index (Phi) is 5.29. The van der Waals surface area contributed by atoms with Gasteiger partial charge in [-0.2, -0.15) is 4.31 Å².